The van der Waals surface area contributed by atoms with Gasteiger partial charge < -0.3 is 13.9 Å². The highest BCUT2D eigenvalue weighted by Crippen LogP contribution is 2.44. The van der Waals surface area contributed by atoms with E-state index >= 15 is 0 Å². The minimum atomic E-state index is 0.870. The van der Waals surface area contributed by atoms with Gasteiger partial charge in [-0.3, -0.25) is 0 Å². The van der Waals surface area contributed by atoms with E-state index in [1.807, 2.05) is 12.1 Å². The second-order valence-electron chi connectivity index (χ2n) is 14.5. The summed E-state index contributed by atoms with van der Waals surface area (Å²) in [6.45, 7) is 0. The molecule has 3 nitrogen and oxygen atoms in total. The molecule has 0 unspecified atom stereocenters. The summed E-state index contributed by atoms with van der Waals surface area (Å²) < 4.78 is 8.77. The summed E-state index contributed by atoms with van der Waals surface area (Å²) in [5, 5.41) is 4.72. The van der Waals surface area contributed by atoms with E-state index in [1.165, 1.54) is 55.3 Å². The van der Waals surface area contributed by atoms with Crippen LogP contribution in [0.3, 0.4) is 0 Å². The number of hydrogen-bond acceptors (Lipinski definition) is 2. The summed E-state index contributed by atoms with van der Waals surface area (Å²) in [5.74, 6) is 0. The Morgan fingerprint density at radius 2 is 0.895 bits per heavy atom. The molecular formula is C54H36N2O. The number of benzene rings is 9. The van der Waals surface area contributed by atoms with E-state index < -0.39 is 0 Å². The highest BCUT2D eigenvalue weighted by Gasteiger charge is 2.20. The lowest BCUT2D eigenvalue weighted by Gasteiger charge is -2.27. The minimum Gasteiger partial charge on any atom is -0.456 e. The number of para-hydroxylation sites is 4. The van der Waals surface area contributed by atoms with Crippen molar-refractivity contribution in [1.29, 1.82) is 0 Å². The van der Waals surface area contributed by atoms with E-state index in [9.17, 15) is 0 Å². The van der Waals surface area contributed by atoms with Gasteiger partial charge in [0.15, 0.2) is 0 Å². The van der Waals surface area contributed by atoms with Crippen molar-refractivity contribution in [3.63, 3.8) is 0 Å². The van der Waals surface area contributed by atoms with Gasteiger partial charge in [0.05, 0.1) is 27.8 Å². The summed E-state index contributed by atoms with van der Waals surface area (Å²) >= 11 is 0. The fraction of sp³-hybridized carbons (Fsp3) is 0. The van der Waals surface area contributed by atoms with E-state index in [0.29, 0.717) is 0 Å². The molecule has 0 aliphatic heterocycles. The molecular weight excluding hydrogens is 693 g/mol. The molecule has 11 rings (SSSR count). The quantitative estimate of drug-likeness (QED) is 0.163. The lowest BCUT2D eigenvalue weighted by atomic mass is 9.98. The number of fused-ring (bicyclic) bond motifs is 6. The molecule has 0 fully saturated rings. The van der Waals surface area contributed by atoms with Crippen LogP contribution in [0.2, 0.25) is 0 Å². The van der Waals surface area contributed by atoms with Gasteiger partial charge in [-0.05, 0) is 88.5 Å². The number of aromatic nitrogens is 1. The molecule has 0 aliphatic carbocycles. The average Bonchev–Trinajstić information content (AvgIpc) is 3.84. The maximum Gasteiger partial charge on any atom is 0.137 e. The summed E-state index contributed by atoms with van der Waals surface area (Å²) in [5.41, 5.74) is 15.6. The van der Waals surface area contributed by atoms with E-state index in [1.54, 1.807) is 0 Å². The molecule has 0 aliphatic rings. The molecule has 0 saturated carbocycles. The van der Waals surface area contributed by atoms with Gasteiger partial charge in [-0.1, -0.05) is 158 Å². The summed E-state index contributed by atoms with van der Waals surface area (Å²) in [4.78, 5) is 2.36. The summed E-state index contributed by atoms with van der Waals surface area (Å²) in [6, 6.07) is 78.0. The SMILES string of the molecule is c1ccc(-c2cccc(N(c3ccc(-c4ccc(-c5ccccc5-n5c6ccccc6c6ccccc65)cc4)cc3)c3cccc4oc5ccccc5c34)c2)cc1. The molecule has 0 amide bonds. The van der Waals surface area contributed by atoms with Gasteiger partial charge in [-0.2, -0.15) is 0 Å². The Labute approximate surface area is 330 Å². The van der Waals surface area contributed by atoms with Crippen molar-refractivity contribution in [2.24, 2.45) is 0 Å². The van der Waals surface area contributed by atoms with Gasteiger partial charge in [0.1, 0.15) is 11.2 Å². The number of anilines is 3. The van der Waals surface area contributed by atoms with Gasteiger partial charge in [-0.15, -0.1) is 0 Å². The third kappa shape index (κ3) is 5.60. The van der Waals surface area contributed by atoms with Crippen LogP contribution in [0.1, 0.15) is 0 Å². The van der Waals surface area contributed by atoms with Crippen molar-refractivity contribution in [2.75, 3.05) is 4.90 Å². The van der Waals surface area contributed by atoms with Crippen LogP contribution in [0.4, 0.5) is 17.1 Å². The fourth-order valence-corrected chi connectivity index (χ4v) is 8.56. The molecule has 57 heavy (non-hydrogen) atoms. The van der Waals surface area contributed by atoms with Crippen molar-refractivity contribution in [3.05, 3.63) is 218 Å². The van der Waals surface area contributed by atoms with Gasteiger partial charge in [-0.25, -0.2) is 0 Å². The van der Waals surface area contributed by atoms with Gasteiger partial charge in [0.2, 0.25) is 0 Å². The third-order valence-corrected chi connectivity index (χ3v) is 11.2. The zero-order chi connectivity index (χ0) is 37.7. The smallest absolute Gasteiger partial charge is 0.137 e. The highest BCUT2D eigenvalue weighted by atomic mass is 16.3. The van der Waals surface area contributed by atoms with Crippen molar-refractivity contribution in [3.8, 4) is 39.1 Å². The maximum absolute atomic E-state index is 6.36. The first-order chi connectivity index (χ1) is 28.3. The number of furan rings is 1. The zero-order valence-electron chi connectivity index (χ0n) is 31.1. The molecule has 0 atom stereocenters. The van der Waals surface area contributed by atoms with Crippen molar-refractivity contribution in [1.82, 2.24) is 4.57 Å². The van der Waals surface area contributed by atoms with Gasteiger partial charge >= 0.3 is 0 Å². The molecule has 9 aromatic carbocycles. The Kier molecular flexibility index (Phi) is 7.82. The first-order valence-electron chi connectivity index (χ1n) is 19.4. The minimum absolute atomic E-state index is 0.870. The third-order valence-electron chi connectivity index (χ3n) is 11.2. The topological polar surface area (TPSA) is 21.3 Å². The normalized spacial score (nSPS) is 11.5. The van der Waals surface area contributed by atoms with E-state index in [0.717, 1.165) is 44.6 Å². The highest BCUT2D eigenvalue weighted by molar-refractivity contribution is 6.13. The maximum atomic E-state index is 6.36. The van der Waals surface area contributed by atoms with Crippen LogP contribution >= 0.6 is 0 Å². The molecule has 0 spiro atoms. The van der Waals surface area contributed by atoms with E-state index in [4.69, 9.17) is 4.42 Å². The molecule has 0 radical (unpaired) electrons. The molecule has 2 aromatic heterocycles. The zero-order valence-corrected chi connectivity index (χ0v) is 31.1. The number of hydrogen-bond donors (Lipinski definition) is 0. The molecule has 11 aromatic rings. The largest absolute Gasteiger partial charge is 0.456 e. The van der Waals surface area contributed by atoms with E-state index in [2.05, 4.69) is 216 Å². The lowest BCUT2D eigenvalue weighted by Crippen LogP contribution is -2.10. The van der Waals surface area contributed by atoms with Crippen LogP contribution in [-0.4, -0.2) is 4.57 Å². The van der Waals surface area contributed by atoms with Crippen LogP contribution in [0.15, 0.2) is 223 Å². The van der Waals surface area contributed by atoms with Crippen molar-refractivity contribution in [2.45, 2.75) is 0 Å². The van der Waals surface area contributed by atoms with Crippen LogP contribution < -0.4 is 4.90 Å². The number of rotatable bonds is 7. The van der Waals surface area contributed by atoms with Crippen LogP contribution in [-0.2, 0) is 0 Å². The summed E-state index contributed by atoms with van der Waals surface area (Å²) in [6.07, 6.45) is 0. The summed E-state index contributed by atoms with van der Waals surface area (Å²) in [7, 11) is 0. The first-order valence-corrected chi connectivity index (χ1v) is 19.4. The predicted octanol–water partition coefficient (Wildman–Crippen LogP) is 15.2. The van der Waals surface area contributed by atoms with Crippen LogP contribution in [0, 0.1) is 0 Å². The molecule has 0 saturated heterocycles. The molecule has 2 heterocycles. The molecule has 3 heteroatoms. The Balaban J connectivity index is 0.985. The fourth-order valence-electron chi connectivity index (χ4n) is 8.56. The standard InChI is InChI=1S/C54H36N2O/c1-2-14-37(15-3-1)41-16-12-17-43(36-41)55(51-25-13-27-53-54(51)47-21-7-11-26-52(47)57-53)42-34-32-39(33-35-42)38-28-30-40(31-29-38)44-18-4-8-22-48(44)56-49-23-9-5-19-45(49)46-20-6-10-24-50(46)56/h1-36H. The van der Waals surface area contributed by atoms with E-state index in [-0.39, 0.29) is 0 Å². The van der Waals surface area contributed by atoms with Crippen molar-refractivity contribution < 1.29 is 4.42 Å². The predicted molar refractivity (Wildman–Crippen MR) is 239 cm³/mol. The van der Waals surface area contributed by atoms with Crippen LogP contribution in [0.5, 0.6) is 0 Å². The Hall–Kier alpha value is -7.62. The number of nitrogens with zero attached hydrogens (tertiary/aromatic N) is 2. The second-order valence-corrected chi connectivity index (χ2v) is 14.5. The first kappa shape index (κ1) is 32.8. The van der Waals surface area contributed by atoms with Gasteiger partial charge in [0, 0.05) is 33.1 Å². The Morgan fingerprint density at radius 3 is 1.65 bits per heavy atom. The van der Waals surface area contributed by atoms with Gasteiger partial charge in [0.25, 0.3) is 0 Å². The Bertz CT molecular complexity index is 3170. The molecule has 268 valence electrons. The molecule has 0 N–H and O–H groups in total. The second kappa shape index (κ2) is 13.6. The lowest BCUT2D eigenvalue weighted by molar-refractivity contribution is 0.669. The van der Waals surface area contributed by atoms with Crippen molar-refractivity contribution >= 4 is 60.8 Å². The Morgan fingerprint density at radius 1 is 0.351 bits per heavy atom. The average molecular weight is 729 g/mol. The monoisotopic (exact) mass is 728 g/mol. The molecule has 0 bridgehead atoms. The van der Waals surface area contributed by atoms with Crippen LogP contribution in [0.25, 0.3) is 82.8 Å².